The highest BCUT2D eigenvalue weighted by atomic mass is 32.1. The van der Waals surface area contributed by atoms with Crippen molar-refractivity contribution >= 4 is 23.2 Å². The molecule has 2 amide bonds. The van der Waals surface area contributed by atoms with Crippen LogP contribution >= 0.6 is 11.3 Å². The Hall–Kier alpha value is -2.93. The Morgan fingerprint density at radius 2 is 2.00 bits per heavy atom. The summed E-state index contributed by atoms with van der Waals surface area (Å²) in [5, 5.41) is 2.59. The van der Waals surface area contributed by atoms with Gasteiger partial charge in [0.15, 0.2) is 5.76 Å². The van der Waals surface area contributed by atoms with Gasteiger partial charge in [-0.15, -0.1) is 11.3 Å². The van der Waals surface area contributed by atoms with Gasteiger partial charge < -0.3 is 15.1 Å². The van der Waals surface area contributed by atoms with E-state index in [0.717, 1.165) is 5.01 Å². The number of primary amides is 1. The third-order valence-corrected chi connectivity index (χ3v) is 4.26. The van der Waals surface area contributed by atoms with E-state index in [2.05, 4.69) is 4.98 Å². The van der Waals surface area contributed by atoms with E-state index in [-0.39, 0.29) is 5.91 Å². The monoisotopic (exact) mass is 341 g/mol. The van der Waals surface area contributed by atoms with Gasteiger partial charge in [-0.25, -0.2) is 4.98 Å². The molecule has 3 aromatic rings. The van der Waals surface area contributed by atoms with E-state index in [1.807, 2.05) is 23.6 Å². The molecule has 1 aromatic carbocycles. The zero-order valence-corrected chi connectivity index (χ0v) is 13.7. The standard InChI is InChI=1S/C17H15N3O3S/c1-20(17(22)11-5-3-2-4-6-11)8-15-19-13(10-24-15)14-7-12(9-23-14)16(18)21/h2-7,9-10H,8H2,1H3,(H2,18,21). The summed E-state index contributed by atoms with van der Waals surface area (Å²) >= 11 is 1.42. The van der Waals surface area contributed by atoms with Crippen LogP contribution in [0.15, 0.2) is 52.5 Å². The van der Waals surface area contributed by atoms with E-state index < -0.39 is 5.91 Å². The molecule has 0 atom stereocenters. The molecule has 6 nitrogen and oxygen atoms in total. The molecular formula is C17H15N3O3S. The van der Waals surface area contributed by atoms with Gasteiger partial charge in [-0.3, -0.25) is 9.59 Å². The van der Waals surface area contributed by atoms with E-state index in [1.54, 1.807) is 30.1 Å². The third-order valence-electron chi connectivity index (χ3n) is 3.43. The van der Waals surface area contributed by atoms with Crippen LogP contribution in [-0.4, -0.2) is 28.7 Å². The SMILES string of the molecule is CN(Cc1nc(-c2cc(C(N)=O)co2)cs1)C(=O)c1ccccc1. The predicted molar refractivity (Wildman–Crippen MR) is 90.6 cm³/mol. The third kappa shape index (κ3) is 3.36. The van der Waals surface area contributed by atoms with Gasteiger partial charge in [0.25, 0.3) is 11.8 Å². The zero-order chi connectivity index (χ0) is 17.1. The Kier molecular flexibility index (Phi) is 4.43. The second-order valence-corrected chi connectivity index (χ2v) is 6.16. The lowest BCUT2D eigenvalue weighted by molar-refractivity contribution is 0.0784. The fourth-order valence-corrected chi connectivity index (χ4v) is 3.01. The first-order chi connectivity index (χ1) is 11.5. The number of furan rings is 1. The van der Waals surface area contributed by atoms with Crippen LogP contribution in [0.5, 0.6) is 0 Å². The maximum atomic E-state index is 12.3. The van der Waals surface area contributed by atoms with E-state index in [0.29, 0.717) is 29.1 Å². The molecule has 122 valence electrons. The Bertz CT molecular complexity index is 870. The van der Waals surface area contributed by atoms with Gasteiger partial charge >= 0.3 is 0 Å². The fourth-order valence-electron chi connectivity index (χ4n) is 2.17. The molecule has 24 heavy (non-hydrogen) atoms. The Labute approximate surface area is 142 Å². The summed E-state index contributed by atoms with van der Waals surface area (Å²) in [6.45, 7) is 0.391. The number of thiazole rings is 1. The molecule has 0 saturated heterocycles. The molecule has 0 aliphatic rings. The van der Waals surface area contributed by atoms with Crippen LogP contribution in [0.2, 0.25) is 0 Å². The topological polar surface area (TPSA) is 89.4 Å². The fraction of sp³-hybridized carbons (Fsp3) is 0.118. The van der Waals surface area contributed by atoms with Gasteiger partial charge in [0.1, 0.15) is 17.0 Å². The molecule has 2 heterocycles. The smallest absolute Gasteiger partial charge is 0.253 e. The molecule has 0 unspecified atom stereocenters. The average Bonchev–Trinajstić information content (AvgIpc) is 3.24. The summed E-state index contributed by atoms with van der Waals surface area (Å²) in [4.78, 5) is 29.5. The van der Waals surface area contributed by atoms with Crippen molar-refractivity contribution < 1.29 is 14.0 Å². The van der Waals surface area contributed by atoms with Crippen LogP contribution in [0, 0.1) is 0 Å². The van der Waals surface area contributed by atoms with Crippen molar-refractivity contribution in [3.05, 3.63) is 64.2 Å². The highest BCUT2D eigenvalue weighted by Gasteiger charge is 2.15. The molecule has 0 bridgehead atoms. The van der Waals surface area contributed by atoms with Crippen LogP contribution in [-0.2, 0) is 6.54 Å². The summed E-state index contributed by atoms with van der Waals surface area (Å²) in [5.41, 5.74) is 6.75. The van der Waals surface area contributed by atoms with Crippen LogP contribution in [0.3, 0.4) is 0 Å². The van der Waals surface area contributed by atoms with Crippen molar-refractivity contribution in [2.24, 2.45) is 5.73 Å². The molecular weight excluding hydrogens is 326 g/mol. The summed E-state index contributed by atoms with van der Waals surface area (Å²) in [7, 11) is 1.73. The summed E-state index contributed by atoms with van der Waals surface area (Å²) in [5.74, 6) is -0.140. The first kappa shape index (κ1) is 15.9. The number of rotatable bonds is 5. The molecule has 0 radical (unpaired) electrons. The van der Waals surface area contributed by atoms with Crippen molar-refractivity contribution in [1.82, 2.24) is 9.88 Å². The van der Waals surface area contributed by atoms with Crippen LogP contribution in [0.4, 0.5) is 0 Å². The Balaban J connectivity index is 1.71. The Morgan fingerprint density at radius 1 is 1.25 bits per heavy atom. The second-order valence-electron chi connectivity index (χ2n) is 5.22. The van der Waals surface area contributed by atoms with Crippen LogP contribution in [0.25, 0.3) is 11.5 Å². The van der Waals surface area contributed by atoms with E-state index in [1.165, 1.54) is 17.6 Å². The molecule has 0 aliphatic heterocycles. The zero-order valence-electron chi connectivity index (χ0n) is 12.9. The van der Waals surface area contributed by atoms with Crippen molar-refractivity contribution in [3.63, 3.8) is 0 Å². The number of benzene rings is 1. The van der Waals surface area contributed by atoms with Crippen LogP contribution in [0.1, 0.15) is 25.7 Å². The lowest BCUT2D eigenvalue weighted by atomic mass is 10.2. The number of nitrogens with zero attached hydrogens (tertiary/aromatic N) is 2. The van der Waals surface area contributed by atoms with Gasteiger partial charge in [-0.05, 0) is 18.2 Å². The van der Waals surface area contributed by atoms with Crippen molar-refractivity contribution in [2.75, 3.05) is 7.05 Å². The summed E-state index contributed by atoms with van der Waals surface area (Å²) in [6, 6.07) is 10.6. The average molecular weight is 341 g/mol. The number of hydrogen-bond acceptors (Lipinski definition) is 5. The molecule has 2 N–H and O–H groups in total. The number of aromatic nitrogens is 1. The largest absolute Gasteiger partial charge is 0.462 e. The lowest BCUT2D eigenvalue weighted by Crippen LogP contribution is -2.26. The van der Waals surface area contributed by atoms with Crippen molar-refractivity contribution in [3.8, 4) is 11.5 Å². The van der Waals surface area contributed by atoms with E-state index in [4.69, 9.17) is 10.2 Å². The highest BCUT2D eigenvalue weighted by Crippen LogP contribution is 2.24. The first-order valence-corrected chi connectivity index (χ1v) is 8.06. The maximum absolute atomic E-state index is 12.3. The minimum atomic E-state index is -0.548. The van der Waals surface area contributed by atoms with Crippen molar-refractivity contribution in [2.45, 2.75) is 6.54 Å². The molecule has 0 spiro atoms. The minimum Gasteiger partial charge on any atom is -0.462 e. The van der Waals surface area contributed by atoms with Crippen LogP contribution < -0.4 is 5.73 Å². The number of nitrogens with two attached hydrogens (primary N) is 1. The number of hydrogen-bond donors (Lipinski definition) is 1. The van der Waals surface area contributed by atoms with Gasteiger partial charge in [-0.2, -0.15) is 0 Å². The van der Waals surface area contributed by atoms with Crippen molar-refractivity contribution in [1.29, 1.82) is 0 Å². The first-order valence-electron chi connectivity index (χ1n) is 7.18. The summed E-state index contributed by atoms with van der Waals surface area (Å²) < 4.78 is 5.31. The molecule has 3 rings (SSSR count). The van der Waals surface area contributed by atoms with Gasteiger partial charge in [0.05, 0.1) is 12.1 Å². The normalized spacial score (nSPS) is 10.5. The molecule has 0 aliphatic carbocycles. The highest BCUT2D eigenvalue weighted by molar-refractivity contribution is 7.09. The molecule has 7 heteroatoms. The number of amides is 2. The number of carbonyl (C=O) groups excluding carboxylic acids is 2. The molecule has 0 fully saturated rings. The predicted octanol–water partition coefficient (Wildman–Crippen LogP) is 2.77. The van der Waals surface area contributed by atoms with Gasteiger partial charge in [0, 0.05) is 18.0 Å². The van der Waals surface area contributed by atoms with Gasteiger partial charge in [0.2, 0.25) is 0 Å². The maximum Gasteiger partial charge on any atom is 0.253 e. The summed E-state index contributed by atoms with van der Waals surface area (Å²) in [6.07, 6.45) is 1.31. The quantitative estimate of drug-likeness (QED) is 0.773. The van der Waals surface area contributed by atoms with E-state index >= 15 is 0 Å². The van der Waals surface area contributed by atoms with E-state index in [9.17, 15) is 9.59 Å². The Morgan fingerprint density at radius 3 is 2.67 bits per heavy atom. The second kappa shape index (κ2) is 6.67. The van der Waals surface area contributed by atoms with Gasteiger partial charge in [-0.1, -0.05) is 18.2 Å². The number of carbonyl (C=O) groups is 2. The molecule has 0 saturated carbocycles. The minimum absolute atomic E-state index is 0.0682. The lowest BCUT2D eigenvalue weighted by Gasteiger charge is -2.15. The molecule has 2 aromatic heterocycles.